The van der Waals surface area contributed by atoms with Crippen molar-refractivity contribution in [2.24, 2.45) is 11.8 Å². The van der Waals surface area contributed by atoms with E-state index in [-0.39, 0.29) is 0 Å². The van der Waals surface area contributed by atoms with Gasteiger partial charge in [-0.15, -0.1) is 0 Å². The quantitative estimate of drug-likeness (QED) is 0.831. The van der Waals surface area contributed by atoms with Crippen molar-refractivity contribution >= 4 is 11.6 Å². The van der Waals surface area contributed by atoms with Crippen LogP contribution in [0.3, 0.4) is 0 Å². The average Bonchev–Trinajstić information content (AvgIpc) is 2.37. The van der Waals surface area contributed by atoms with Gasteiger partial charge in [-0.25, -0.2) is 0 Å². The fourth-order valence-electron chi connectivity index (χ4n) is 3.54. The first-order chi connectivity index (χ1) is 9.61. The molecule has 1 fully saturated rings. The Morgan fingerprint density at radius 1 is 1.25 bits per heavy atom. The molecule has 0 bridgehead atoms. The lowest BCUT2D eigenvalue weighted by Crippen LogP contribution is -2.38. The first-order valence-corrected chi connectivity index (χ1v) is 7.74. The maximum Gasteiger partial charge on any atom is 0.189 e. The van der Waals surface area contributed by atoms with E-state index >= 15 is 0 Å². The van der Waals surface area contributed by atoms with Gasteiger partial charge in [-0.2, -0.15) is 0 Å². The second kappa shape index (κ2) is 5.92. The van der Waals surface area contributed by atoms with Crippen LogP contribution in [0.4, 0.5) is 0 Å². The number of hydrogen-bond acceptors (Lipinski definition) is 3. The van der Waals surface area contributed by atoms with E-state index in [0.717, 1.165) is 47.8 Å². The number of likely N-dealkylation sites (tertiary alicyclic amines) is 1. The smallest absolute Gasteiger partial charge is 0.189 e. The Hall–Kier alpha value is -0.770. The Morgan fingerprint density at radius 2 is 2.00 bits per heavy atom. The molecule has 2 unspecified atom stereocenters. The maximum atomic E-state index is 6.23. The number of fused-ring (bicyclic) bond motifs is 1. The lowest BCUT2D eigenvalue weighted by molar-refractivity contribution is -0.0177. The molecule has 3 nitrogen and oxygen atoms in total. The molecule has 0 amide bonds. The van der Waals surface area contributed by atoms with Gasteiger partial charge in [0.1, 0.15) is 5.75 Å². The first-order valence-electron chi connectivity index (χ1n) is 7.36. The number of benzene rings is 1. The topological polar surface area (TPSA) is 21.7 Å². The largest absolute Gasteiger partial charge is 0.467 e. The number of halogens is 1. The van der Waals surface area contributed by atoms with Gasteiger partial charge in [-0.1, -0.05) is 25.4 Å². The van der Waals surface area contributed by atoms with Crippen molar-refractivity contribution in [1.29, 1.82) is 0 Å². The molecule has 20 heavy (non-hydrogen) atoms. The minimum absolute atomic E-state index is 0.342. The number of ether oxygens (including phenoxy) is 2. The maximum absolute atomic E-state index is 6.23. The van der Waals surface area contributed by atoms with Crippen LogP contribution < -0.4 is 4.74 Å². The monoisotopic (exact) mass is 295 g/mol. The highest BCUT2D eigenvalue weighted by Crippen LogP contribution is 2.33. The van der Waals surface area contributed by atoms with Crippen LogP contribution in [0.25, 0.3) is 0 Å². The van der Waals surface area contributed by atoms with Crippen molar-refractivity contribution in [3.8, 4) is 5.75 Å². The summed E-state index contributed by atoms with van der Waals surface area (Å²) >= 11 is 6.23. The van der Waals surface area contributed by atoms with Gasteiger partial charge in [0.25, 0.3) is 0 Å². The van der Waals surface area contributed by atoms with Gasteiger partial charge in [0.2, 0.25) is 0 Å². The van der Waals surface area contributed by atoms with Gasteiger partial charge in [0, 0.05) is 35.8 Å². The molecular weight excluding hydrogens is 274 g/mol. The molecule has 2 heterocycles. The van der Waals surface area contributed by atoms with Crippen molar-refractivity contribution in [3.63, 3.8) is 0 Å². The zero-order valence-electron chi connectivity index (χ0n) is 12.2. The second-order valence-electron chi connectivity index (χ2n) is 6.30. The highest BCUT2D eigenvalue weighted by Gasteiger charge is 2.24. The van der Waals surface area contributed by atoms with Crippen LogP contribution in [-0.4, -0.2) is 24.8 Å². The molecule has 1 aromatic rings. The molecule has 2 aliphatic heterocycles. The van der Waals surface area contributed by atoms with Gasteiger partial charge >= 0.3 is 0 Å². The highest BCUT2D eigenvalue weighted by atomic mass is 35.5. The summed E-state index contributed by atoms with van der Waals surface area (Å²) in [5, 5.41) is 0.769. The Kier molecular flexibility index (Phi) is 4.20. The Morgan fingerprint density at radius 3 is 2.75 bits per heavy atom. The van der Waals surface area contributed by atoms with E-state index in [0.29, 0.717) is 13.4 Å². The fourth-order valence-corrected chi connectivity index (χ4v) is 3.80. The van der Waals surface area contributed by atoms with Crippen LogP contribution in [-0.2, 0) is 17.9 Å². The SMILES string of the molecule is CC1CC(C)CN(Cc2cc(Cl)cc3c2OCOC3)C1. The second-order valence-corrected chi connectivity index (χ2v) is 6.74. The summed E-state index contributed by atoms with van der Waals surface area (Å²) in [5.74, 6) is 2.50. The van der Waals surface area contributed by atoms with Gasteiger partial charge in [-0.3, -0.25) is 4.90 Å². The van der Waals surface area contributed by atoms with Crippen molar-refractivity contribution in [2.75, 3.05) is 19.9 Å². The average molecular weight is 296 g/mol. The van der Waals surface area contributed by atoms with Crippen LogP contribution >= 0.6 is 11.6 Å². The lowest BCUT2D eigenvalue weighted by atomic mass is 9.91. The first kappa shape index (κ1) is 14.2. The van der Waals surface area contributed by atoms with Crippen LogP contribution in [0, 0.1) is 11.8 Å². The third kappa shape index (κ3) is 3.11. The van der Waals surface area contributed by atoms with Gasteiger partial charge in [-0.05, 0) is 30.4 Å². The minimum atomic E-state index is 0.342. The molecule has 1 aromatic carbocycles. The van der Waals surface area contributed by atoms with Crippen LogP contribution in [0.1, 0.15) is 31.4 Å². The zero-order valence-corrected chi connectivity index (χ0v) is 12.9. The summed E-state index contributed by atoms with van der Waals surface area (Å²) in [5.41, 5.74) is 2.26. The van der Waals surface area contributed by atoms with Crippen LogP contribution in [0.15, 0.2) is 12.1 Å². The molecule has 0 saturated carbocycles. The highest BCUT2D eigenvalue weighted by molar-refractivity contribution is 6.30. The molecule has 110 valence electrons. The molecule has 4 heteroatoms. The standard InChI is InChI=1S/C16H22ClNO2/c1-11-3-12(2)7-18(6-11)8-13-4-15(17)5-14-9-19-10-20-16(13)14/h4-5,11-12H,3,6-10H2,1-2H3. The van der Waals surface area contributed by atoms with E-state index < -0.39 is 0 Å². The predicted octanol–water partition coefficient (Wildman–Crippen LogP) is 3.68. The van der Waals surface area contributed by atoms with Crippen molar-refractivity contribution in [1.82, 2.24) is 4.90 Å². The number of nitrogens with zero attached hydrogens (tertiary/aromatic N) is 1. The molecule has 3 rings (SSSR count). The number of piperidine rings is 1. The van der Waals surface area contributed by atoms with E-state index in [1.807, 2.05) is 12.1 Å². The summed E-state index contributed by atoms with van der Waals surface area (Å²) in [4.78, 5) is 2.52. The molecule has 2 aliphatic rings. The van der Waals surface area contributed by atoms with Gasteiger partial charge < -0.3 is 9.47 Å². The van der Waals surface area contributed by atoms with E-state index in [2.05, 4.69) is 18.7 Å². The molecule has 1 saturated heterocycles. The zero-order chi connectivity index (χ0) is 14.1. The van der Waals surface area contributed by atoms with E-state index in [1.165, 1.54) is 12.0 Å². The molecule has 0 spiro atoms. The van der Waals surface area contributed by atoms with Crippen LogP contribution in [0.5, 0.6) is 5.75 Å². The van der Waals surface area contributed by atoms with E-state index in [1.54, 1.807) is 0 Å². The Labute approximate surface area is 125 Å². The summed E-state index contributed by atoms with van der Waals surface area (Å²) in [7, 11) is 0. The van der Waals surface area contributed by atoms with Crippen molar-refractivity contribution in [3.05, 3.63) is 28.3 Å². The lowest BCUT2D eigenvalue weighted by Gasteiger charge is -2.35. The molecule has 2 atom stereocenters. The molecule has 0 aliphatic carbocycles. The summed E-state index contributed by atoms with van der Waals surface area (Å²) in [6.07, 6.45) is 1.33. The van der Waals surface area contributed by atoms with Crippen LogP contribution in [0.2, 0.25) is 5.02 Å². The normalized spacial score (nSPS) is 26.9. The van der Waals surface area contributed by atoms with Gasteiger partial charge in [0.05, 0.1) is 6.61 Å². The van der Waals surface area contributed by atoms with E-state index in [4.69, 9.17) is 21.1 Å². The summed E-state index contributed by atoms with van der Waals surface area (Å²) in [6.45, 7) is 8.83. The van der Waals surface area contributed by atoms with Crippen molar-refractivity contribution in [2.45, 2.75) is 33.4 Å². The summed E-state index contributed by atoms with van der Waals surface area (Å²) < 4.78 is 11.0. The number of rotatable bonds is 2. The van der Waals surface area contributed by atoms with Gasteiger partial charge in [0.15, 0.2) is 6.79 Å². The Balaban J connectivity index is 1.81. The molecular formula is C16H22ClNO2. The number of hydrogen-bond donors (Lipinski definition) is 0. The predicted molar refractivity (Wildman–Crippen MR) is 80.0 cm³/mol. The van der Waals surface area contributed by atoms with Crippen molar-refractivity contribution < 1.29 is 9.47 Å². The molecule has 0 N–H and O–H groups in total. The Bertz CT molecular complexity index is 482. The third-order valence-corrected chi connectivity index (χ3v) is 4.31. The summed E-state index contributed by atoms with van der Waals surface area (Å²) in [6, 6.07) is 3.98. The molecule has 0 radical (unpaired) electrons. The fraction of sp³-hybridized carbons (Fsp3) is 0.625. The van der Waals surface area contributed by atoms with E-state index in [9.17, 15) is 0 Å². The minimum Gasteiger partial charge on any atom is -0.467 e. The molecule has 0 aromatic heterocycles. The third-order valence-electron chi connectivity index (χ3n) is 4.09.